The number of benzene rings is 1. The molecule has 1 amide bonds. The van der Waals surface area contributed by atoms with Gasteiger partial charge in [0.15, 0.2) is 0 Å². The fourth-order valence-corrected chi connectivity index (χ4v) is 2.67. The van der Waals surface area contributed by atoms with Crippen molar-refractivity contribution in [2.24, 2.45) is 5.73 Å². The third kappa shape index (κ3) is 2.88. The van der Waals surface area contributed by atoms with Gasteiger partial charge in [-0.15, -0.1) is 0 Å². The van der Waals surface area contributed by atoms with E-state index in [4.69, 9.17) is 5.73 Å². The molecule has 0 unspecified atom stereocenters. The number of carbonyl (C=O) groups excluding carboxylic acids is 1. The van der Waals surface area contributed by atoms with Gasteiger partial charge in [0.25, 0.3) is 5.91 Å². The summed E-state index contributed by atoms with van der Waals surface area (Å²) in [5.41, 5.74) is 7.85. The highest BCUT2D eigenvalue weighted by atomic mass is 16.2. The first kappa shape index (κ1) is 13.9. The van der Waals surface area contributed by atoms with Crippen molar-refractivity contribution in [2.75, 3.05) is 13.1 Å². The van der Waals surface area contributed by atoms with Crippen LogP contribution in [0.3, 0.4) is 0 Å². The topological polar surface area (TPSA) is 72.1 Å². The van der Waals surface area contributed by atoms with E-state index in [1.807, 2.05) is 23.1 Å². The molecule has 0 bridgehead atoms. The largest absolute Gasteiger partial charge is 0.336 e. The van der Waals surface area contributed by atoms with Gasteiger partial charge in [-0.3, -0.25) is 14.8 Å². The number of hydrogen-bond donors (Lipinski definition) is 1. The molecule has 0 radical (unpaired) electrons. The lowest BCUT2D eigenvalue weighted by atomic mass is 9.90. The summed E-state index contributed by atoms with van der Waals surface area (Å²) in [7, 11) is 0. The normalized spacial score (nSPS) is 14.9. The molecule has 2 aromatic rings. The summed E-state index contributed by atoms with van der Waals surface area (Å²) in [6.07, 6.45) is 7.56. The van der Waals surface area contributed by atoms with Crippen LogP contribution < -0.4 is 5.73 Å². The molecular formula is C16H20N4O. The SMILES string of the molecule is NCCCN(C(=O)c1ccc2nccnc2c1)C1CCC1. The van der Waals surface area contributed by atoms with Gasteiger partial charge in [-0.2, -0.15) is 0 Å². The second-order valence-electron chi connectivity index (χ2n) is 5.49. The van der Waals surface area contributed by atoms with Crippen LogP contribution in [0, 0.1) is 0 Å². The molecule has 21 heavy (non-hydrogen) atoms. The summed E-state index contributed by atoms with van der Waals surface area (Å²) in [5.74, 6) is 0.0840. The number of rotatable bonds is 5. The quantitative estimate of drug-likeness (QED) is 0.911. The Balaban J connectivity index is 1.85. The van der Waals surface area contributed by atoms with Gasteiger partial charge in [0, 0.05) is 30.5 Å². The van der Waals surface area contributed by atoms with Crippen LogP contribution in [-0.2, 0) is 0 Å². The monoisotopic (exact) mass is 284 g/mol. The Morgan fingerprint density at radius 2 is 2.00 bits per heavy atom. The maximum atomic E-state index is 12.8. The van der Waals surface area contributed by atoms with E-state index in [0.717, 1.165) is 36.8 Å². The number of carbonyl (C=O) groups is 1. The molecule has 1 fully saturated rings. The van der Waals surface area contributed by atoms with Gasteiger partial charge in [-0.25, -0.2) is 0 Å². The van der Waals surface area contributed by atoms with Crippen LogP contribution in [0.25, 0.3) is 11.0 Å². The number of nitrogens with two attached hydrogens (primary N) is 1. The molecule has 1 heterocycles. The number of aromatic nitrogens is 2. The molecule has 5 heteroatoms. The van der Waals surface area contributed by atoms with Crippen molar-refractivity contribution in [3.8, 4) is 0 Å². The van der Waals surface area contributed by atoms with E-state index >= 15 is 0 Å². The van der Waals surface area contributed by atoms with Crippen molar-refractivity contribution < 1.29 is 4.79 Å². The Bertz CT molecular complexity index is 639. The Labute approximate surface area is 124 Å². The maximum Gasteiger partial charge on any atom is 0.254 e. The Hall–Kier alpha value is -2.01. The Morgan fingerprint density at radius 3 is 2.67 bits per heavy atom. The van der Waals surface area contributed by atoms with Crippen LogP contribution in [0.4, 0.5) is 0 Å². The summed E-state index contributed by atoms with van der Waals surface area (Å²) in [6, 6.07) is 5.91. The summed E-state index contributed by atoms with van der Waals surface area (Å²) >= 11 is 0. The molecule has 1 aliphatic carbocycles. The molecule has 2 N–H and O–H groups in total. The minimum Gasteiger partial charge on any atom is -0.336 e. The number of nitrogens with zero attached hydrogens (tertiary/aromatic N) is 3. The first-order chi connectivity index (χ1) is 10.3. The first-order valence-electron chi connectivity index (χ1n) is 7.51. The average molecular weight is 284 g/mol. The fraction of sp³-hybridized carbons (Fsp3) is 0.438. The zero-order valence-corrected chi connectivity index (χ0v) is 12.0. The van der Waals surface area contributed by atoms with Crippen molar-refractivity contribution in [3.05, 3.63) is 36.2 Å². The smallest absolute Gasteiger partial charge is 0.254 e. The highest BCUT2D eigenvalue weighted by Crippen LogP contribution is 2.26. The molecule has 0 saturated heterocycles. The van der Waals surface area contributed by atoms with Gasteiger partial charge >= 0.3 is 0 Å². The van der Waals surface area contributed by atoms with Crippen LogP contribution in [0.1, 0.15) is 36.0 Å². The minimum absolute atomic E-state index is 0.0840. The van der Waals surface area contributed by atoms with Crippen LogP contribution in [0.5, 0.6) is 0 Å². The maximum absolute atomic E-state index is 12.8. The molecule has 0 atom stereocenters. The van der Waals surface area contributed by atoms with E-state index in [9.17, 15) is 4.79 Å². The van der Waals surface area contributed by atoms with Crippen LogP contribution in [-0.4, -0.2) is 39.9 Å². The van der Waals surface area contributed by atoms with Crippen molar-refractivity contribution >= 4 is 16.9 Å². The summed E-state index contributed by atoms with van der Waals surface area (Å²) in [4.78, 5) is 23.3. The number of fused-ring (bicyclic) bond motifs is 1. The zero-order valence-electron chi connectivity index (χ0n) is 12.0. The average Bonchev–Trinajstić information content (AvgIpc) is 2.48. The van der Waals surface area contributed by atoms with Gasteiger partial charge < -0.3 is 10.6 Å². The molecule has 1 aliphatic rings. The molecular weight excluding hydrogens is 264 g/mol. The summed E-state index contributed by atoms with van der Waals surface area (Å²) in [6.45, 7) is 1.35. The molecule has 0 spiro atoms. The highest BCUT2D eigenvalue weighted by molar-refractivity contribution is 5.97. The van der Waals surface area contributed by atoms with E-state index in [0.29, 0.717) is 18.2 Å². The minimum atomic E-state index is 0.0840. The Morgan fingerprint density at radius 1 is 1.24 bits per heavy atom. The molecule has 1 aromatic carbocycles. The van der Waals surface area contributed by atoms with Crippen LogP contribution in [0.2, 0.25) is 0 Å². The van der Waals surface area contributed by atoms with Crippen LogP contribution in [0.15, 0.2) is 30.6 Å². The van der Waals surface area contributed by atoms with E-state index in [2.05, 4.69) is 9.97 Å². The van der Waals surface area contributed by atoms with Gasteiger partial charge in [0.1, 0.15) is 0 Å². The van der Waals surface area contributed by atoms with Gasteiger partial charge in [0.05, 0.1) is 11.0 Å². The van der Waals surface area contributed by atoms with Crippen LogP contribution >= 0.6 is 0 Å². The van der Waals surface area contributed by atoms with Crippen molar-refractivity contribution in [1.29, 1.82) is 0 Å². The zero-order chi connectivity index (χ0) is 14.7. The lowest BCUT2D eigenvalue weighted by Gasteiger charge is -2.37. The summed E-state index contributed by atoms with van der Waals surface area (Å²) in [5, 5.41) is 0. The molecule has 1 saturated carbocycles. The third-order valence-corrected chi connectivity index (χ3v) is 4.10. The van der Waals surface area contributed by atoms with Crippen molar-refractivity contribution in [3.63, 3.8) is 0 Å². The molecule has 3 rings (SSSR count). The van der Waals surface area contributed by atoms with Gasteiger partial charge in [-0.1, -0.05) is 0 Å². The van der Waals surface area contributed by atoms with Gasteiger partial charge in [0.2, 0.25) is 0 Å². The van der Waals surface area contributed by atoms with E-state index in [1.54, 1.807) is 12.4 Å². The lowest BCUT2D eigenvalue weighted by Crippen LogP contribution is -2.45. The number of hydrogen-bond acceptors (Lipinski definition) is 4. The molecule has 5 nitrogen and oxygen atoms in total. The van der Waals surface area contributed by atoms with E-state index in [1.165, 1.54) is 6.42 Å². The molecule has 1 aromatic heterocycles. The lowest BCUT2D eigenvalue weighted by molar-refractivity contribution is 0.0578. The first-order valence-corrected chi connectivity index (χ1v) is 7.51. The molecule has 0 aliphatic heterocycles. The predicted octanol–water partition coefficient (Wildman–Crippen LogP) is 1.97. The summed E-state index contributed by atoms with van der Waals surface area (Å²) < 4.78 is 0. The highest BCUT2D eigenvalue weighted by Gasteiger charge is 2.29. The predicted molar refractivity (Wildman–Crippen MR) is 81.9 cm³/mol. The standard InChI is InChI=1S/C16H20N4O/c17-7-2-10-20(13-3-1-4-13)16(21)12-5-6-14-15(11-12)19-9-8-18-14/h5-6,8-9,11,13H,1-4,7,10,17H2. The van der Waals surface area contributed by atoms with E-state index in [-0.39, 0.29) is 5.91 Å². The van der Waals surface area contributed by atoms with Crippen molar-refractivity contribution in [2.45, 2.75) is 31.7 Å². The second kappa shape index (κ2) is 6.18. The Kier molecular flexibility index (Phi) is 4.10. The third-order valence-electron chi connectivity index (χ3n) is 4.10. The molecule has 110 valence electrons. The van der Waals surface area contributed by atoms with Crippen molar-refractivity contribution in [1.82, 2.24) is 14.9 Å². The number of amides is 1. The van der Waals surface area contributed by atoms with Gasteiger partial charge in [-0.05, 0) is 50.4 Å². The van der Waals surface area contributed by atoms with E-state index < -0.39 is 0 Å². The second-order valence-corrected chi connectivity index (χ2v) is 5.49. The fourth-order valence-electron chi connectivity index (χ4n) is 2.67.